The van der Waals surface area contributed by atoms with Crippen molar-refractivity contribution in [2.24, 2.45) is 4.99 Å². The number of carbonyl (C=O) groups excluding carboxylic acids is 1. The van der Waals surface area contributed by atoms with E-state index in [1.54, 1.807) is 0 Å². The monoisotopic (exact) mass is 291 g/mol. The lowest BCUT2D eigenvalue weighted by molar-refractivity contribution is -0.130. The molecule has 2 aromatic rings. The van der Waals surface area contributed by atoms with Gasteiger partial charge in [-0.2, -0.15) is 0 Å². The number of aryl methyl sites for hydroxylation is 1. The summed E-state index contributed by atoms with van der Waals surface area (Å²) in [5, 5.41) is 0. The van der Waals surface area contributed by atoms with Crippen LogP contribution in [0.5, 0.6) is 0 Å². The second-order valence-corrected chi connectivity index (χ2v) is 5.29. The molecular weight excluding hydrogens is 274 g/mol. The van der Waals surface area contributed by atoms with Crippen molar-refractivity contribution >= 4 is 11.9 Å². The Labute approximate surface area is 130 Å². The third-order valence-corrected chi connectivity index (χ3v) is 3.65. The minimum absolute atomic E-state index is 0.357. The summed E-state index contributed by atoms with van der Waals surface area (Å²) in [5.41, 5.74) is 3.47. The summed E-state index contributed by atoms with van der Waals surface area (Å²) in [5.74, 6) is 0.0316. The number of benzene rings is 2. The van der Waals surface area contributed by atoms with Gasteiger partial charge in [0.15, 0.2) is 5.70 Å². The molecule has 0 spiro atoms. The number of aliphatic imine (C=N–C) groups is 1. The molecule has 0 bridgehead atoms. The number of allylic oxidation sites excluding steroid dienone is 1. The predicted octanol–water partition coefficient (Wildman–Crippen LogP) is 3.90. The highest BCUT2D eigenvalue weighted by atomic mass is 16.6. The molecule has 0 radical (unpaired) electrons. The van der Waals surface area contributed by atoms with Crippen molar-refractivity contribution in [3.63, 3.8) is 0 Å². The molecule has 0 unspecified atom stereocenters. The van der Waals surface area contributed by atoms with Gasteiger partial charge in [0.1, 0.15) is 0 Å². The maximum absolute atomic E-state index is 12.0. The van der Waals surface area contributed by atoms with Gasteiger partial charge < -0.3 is 4.74 Å². The van der Waals surface area contributed by atoms with Gasteiger partial charge in [-0.3, -0.25) is 0 Å². The molecule has 110 valence electrons. The van der Waals surface area contributed by atoms with Crippen molar-refractivity contribution in [3.05, 3.63) is 83.1 Å². The van der Waals surface area contributed by atoms with Crippen LogP contribution < -0.4 is 0 Å². The van der Waals surface area contributed by atoms with Crippen LogP contribution >= 0.6 is 0 Å². The first-order chi connectivity index (χ1) is 10.7. The Kier molecular flexibility index (Phi) is 4.15. The predicted molar refractivity (Wildman–Crippen MR) is 86.5 cm³/mol. The molecule has 0 fully saturated rings. The summed E-state index contributed by atoms with van der Waals surface area (Å²) >= 11 is 0. The van der Waals surface area contributed by atoms with E-state index in [0.29, 0.717) is 11.6 Å². The molecule has 22 heavy (non-hydrogen) atoms. The fourth-order valence-electron chi connectivity index (χ4n) is 2.37. The lowest BCUT2D eigenvalue weighted by atomic mass is 10.0. The van der Waals surface area contributed by atoms with E-state index in [1.807, 2.05) is 55.5 Å². The Morgan fingerprint density at radius 2 is 1.64 bits per heavy atom. The molecule has 2 aromatic carbocycles. The van der Waals surface area contributed by atoms with Crippen molar-refractivity contribution in [3.8, 4) is 0 Å². The van der Waals surface area contributed by atoms with Crippen LogP contribution in [0.1, 0.15) is 24.5 Å². The Balaban J connectivity index is 1.77. The van der Waals surface area contributed by atoms with Crippen LogP contribution in [0.25, 0.3) is 0 Å². The van der Waals surface area contributed by atoms with Crippen LogP contribution in [0.4, 0.5) is 0 Å². The standard InChI is InChI=1S/C19H17NO2/c1-14(12-13-15-8-4-2-5-9-15)17-19(21)22-18(20-17)16-10-6-3-7-11-16/h2-11H,12-13H2,1H3. The van der Waals surface area contributed by atoms with Crippen LogP contribution in [-0.4, -0.2) is 11.9 Å². The number of ether oxygens (including phenoxy) is 1. The Hall–Kier alpha value is -2.68. The molecule has 0 amide bonds. The van der Waals surface area contributed by atoms with Crippen molar-refractivity contribution in [1.29, 1.82) is 0 Å². The van der Waals surface area contributed by atoms with Gasteiger partial charge in [-0.1, -0.05) is 48.5 Å². The van der Waals surface area contributed by atoms with E-state index < -0.39 is 0 Å². The maximum atomic E-state index is 12.0. The zero-order valence-electron chi connectivity index (χ0n) is 12.5. The van der Waals surface area contributed by atoms with Crippen molar-refractivity contribution < 1.29 is 9.53 Å². The maximum Gasteiger partial charge on any atom is 0.363 e. The fraction of sp³-hybridized carbons (Fsp3) is 0.158. The van der Waals surface area contributed by atoms with Crippen LogP contribution in [0, 0.1) is 0 Å². The number of hydrogen-bond donors (Lipinski definition) is 0. The lowest BCUT2D eigenvalue weighted by Gasteiger charge is -2.02. The average molecular weight is 291 g/mol. The van der Waals surface area contributed by atoms with Crippen molar-refractivity contribution in [2.75, 3.05) is 0 Å². The Morgan fingerprint density at radius 1 is 1.00 bits per heavy atom. The SMILES string of the molecule is CC(CCc1ccccc1)=C1N=C(c2ccccc2)OC1=O. The van der Waals surface area contributed by atoms with E-state index in [0.717, 1.165) is 24.0 Å². The number of hydrogen-bond acceptors (Lipinski definition) is 3. The summed E-state index contributed by atoms with van der Waals surface area (Å²) < 4.78 is 5.29. The second-order valence-electron chi connectivity index (χ2n) is 5.29. The highest BCUT2D eigenvalue weighted by Crippen LogP contribution is 2.22. The smallest absolute Gasteiger partial charge is 0.363 e. The summed E-state index contributed by atoms with van der Waals surface area (Å²) in [4.78, 5) is 16.4. The van der Waals surface area contributed by atoms with E-state index in [2.05, 4.69) is 17.1 Å². The highest BCUT2D eigenvalue weighted by Gasteiger charge is 2.25. The normalized spacial score (nSPS) is 16.2. The van der Waals surface area contributed by atoms with Crippen LogP contribution in [0.2, 0.25) is 0 Å². The molecule has 0 aromatic heterocycles. The zero-order chi connectivity index (χ0) is 15.4. The van der Waals surface area contributed by atoms with Crippen molar-refractivity contribution in [2.45, 2.75) is 19.8 Å². The summed E-state index contributed by atoms with van der Waals surface area (Å²) in [6.45, 7) is 1.94. The quantitative estimate of drug-likeness (QED) is 0.633. The van der Waals surface area contributed by atoms with E-state index in [1.165, 1.54) is 5.56 Å². The van der Waals surface area contributed by atoms with E-state index >= 15 is 0 Å². The van der Waals surface area contributed by atoms with E-state index in [9.17, 15) is 4.79 Å². The van der Waals surface area contributed by atoms with E-state index in [-0.39, 0.29) is 5.97 Å². The third-order valence-electron chi connectivity index (χ3n) is 3.65. The van der Waals surface area contributed by atoms with E-state index in [4.69, 9.17) is 4.74 Å². The molecule has 0 saturated heterocycles. The van der Waals surface area contributed by atoms with Crippen molar-refractivity contribution in [1.82, 2.24) is 0 Å². The minimum atomic E-state index is -0.357. The first kappa shape index (κ1) is 14.3. The fourth-order valence-corrected chi connectivity index (χ4v) is 2.37. The number of carbonyl (C=O) groups is 1. The first-order valence-electron chi connectivity index (χ1n) is 7.34. The van der Waals surface area contributed by atoms with Gasteiger partial charge in [-0.15, -0.1) is 0 Å². The molecule has 3 heteroatoms. The first-order valence-corrected chi connectivity index (χ1v) is 7.34. The van der Waals surface area contributed by atoms with Gasteiger partial charge in [-0.25, -0.2) is 9.79 Å². The molecule has 3 nitrogen and oxygen atoms in total. The highest BCUT2D eigenvalue weighted by molar-refractivity contribution is 6.11. The molecule has 3 rings (SSSR count). The summed E-state index contributed by atoms with van der Waals surface area (Å²) in [6.07, 6.45) is 1.68. The van der Waals surface area contributed by atoms with Gasteiger partial charge in [0.05, 0.1) is 0 Å². The number of rotatable bonds is 4. The van der Waals surface area contributed by atoms with Gasteiger partial charge in [-0.05, 0) is 43.0 Å². The molecule has 1 heterocycles. The summed E-state index contributed by atoms with van der Waals surface area (Å²) in [7, 11) is 0. The molecule has 1 aliphatic rings. The third kappa shape index (κ3) is 3.14. The average Bonchev–Trinajstić information content (AvgIpc) is 2.96. The lowest BCUT2D eigenvalue weighted by Crippen LogP contribution is -2.05. The zero-order valence-corrected chi connectivity index (χ0v) is 12.5. The van der Waals surface area contributed by atoms with Gasteiger partial charge in [0, 0.05) is 5.56 Å². The van der Waals surface area contributed by atoms with Crippen LogP contribution in [0.15, 0.2) is 76.9 Å². The molecule has 0 aliphatic carbocycles. The molecular formula is C19H17NO2. The second kappa shape index (κ2) is 6.39. The number of cyclic esters (lactones) is 1. The number of nitrogens with zero attached hydrogens (tertiary/aromatic N) is 1. The van der Waals surface area contributed by atoms with Gasteiger partial charge in [0.25, 0.3) is 0 Å². The molecule has 0 atom stereocenters. The van der Waals surface area contributed by atoms with Crippen LogP contribution in [-0.2, 0) is 16.0 Å². The Bertz CT molecular complexity index is 731. The molecule has 0 saturated carbocycles. The molecule has 1 aliphatic heterocycles. The topological polar surface area (TPSA) is 38.7 Å². The Morgan fingerprint density at radius 3 is 2.32 bits per heavy atom. The van der Waals surface area contributed by atoms with Crippen LogP contribution in [0.3, 0.4) is 0 Å². The minimum Gasteiger partial charge on any atom is -0.402 e. The molecule has 0 N–H and O–H groups in total. The van der Waals surface area contributed by atoms with Gasteiger partial charge >= 0.3 is 5.97 Å². The number of esters is 1. The largest absolute Gasteiger partial charge is 0.402 e. The van der Waals surface area contributed by atoms with Gasteiger partial charge in [0.2, 0.25) is 5.90 Å². The summed E-state index contributed by atoms with van der Waals surface area (Å²) in [6, 6.07) is 19.7.